The first kappa shape index (κ1) is 27.0. The first-order chi connectivity index (χ1) is 13.5. The SMILES string of the molecule is CCCCCCCCCCCCCCNCCO.O=S(=O)(O)c1ccccc1. The van der Waals surface area contributed by atoms with E-state index in [1.54, 1.807) is 18.2 Å². The molecule has 0 aliphatic heterocycles. The second-order valence-corrected chi connectivity index (χ2v) is 8.57. The Bertz CT molecular complexity index is 519. The summed E-state index contributed by atoms with van der Waals surface area (Å²) in [7, 11) is -4.00. The lowest BCUT2D eigenvalue weighted by Gasteiger charge is -2.03. The molecule has 0 saturated carbocycles. The molecule has 0 amide bonds. The monoisotopic (exact) mass is 415 g/mol. The van der Waals surface area contributed by atoms with E-state index >= 15 is 0 Å². The molecule has 0 unspecified atom stereocenters. The Balaban J connectivity index is 0.000000609. The van der Waals surface area contributed by atoms with Crippen LogP contribution >= 0.6 is 0 Å². The van der Waals surface area contributed by atoms with E-state index in [0.29, 0.717) is 0 Å². The van der Waals surface area contributed by atoms with Gasteiger partial charge in [-0.2, -0.15) is 8.42 Å². The molecule has 0 saturated heterocycles. The summed E-state index contributed by atoms with van der Waals surface area (Å²) >= 11 is 0. The fourth-order valence-corrected chi connectivity index (χ4v) is 3.39. The van der Waals surface area contributed by atoms with Crippen molar-refractivity contribution in [1.82, 2.24) is 5.32 Å². The van der Waals surface area contributed by atoms with Gasteiger partial charge in [-0.25, -0.2) is 0 Å². The Morgan fingerprint density at radius 1 is 0.750 bits per heavy atom. The van der Waals surface area contributed by atoms with Crippen LogP contribution in [0, 0.1) is 0 Å². The predicted octanol–water partition coefficient (Wildman–Crippen LogP) is 5.20. The largest absolute Gasteiger partial charge is 0.395 e. The highest BCUT2D eigenvalue weighted by molar-refractivity contribution is 7.85. The van der Waals surface area contributed by atoms with Gasteiger partial charge in [0.1, 0.15) is 0 Å². The zero-order valence-corrected chi connectivity index (χ0v) is 18.4. The van der Waals surface area contributed by atoms with Crippen LogP contribution in [0.2, 0.25) is 0 Å². The number of benzene rings is 1. The van der Waals surface area contributed by atoms with Crippen molar-refractivity contribution in [3.8, 4) is 0 Å². The first-order valence-corrected chi connectivity index (χ1v) is 12.3. The van der Waals surface area contributed by atoms with E-state index in [2.05, 4.69) is 12.2 Å². The summed E-state index contributed by atoms with van der Waals surface area (Å²) in [4.78, 5) is -0.0741. The van der Waals surface area contributed by atoms with Crippen LogP contribution in [0.1, 0.15) is 84.0 Å². The third-order valence-electron chi connectivity index (χ3n) is 4.54. The highest BCUT2D eigenvalue weighted by Crippen LogP contribution is 2.11. The van der Waals surface area contributed by atoms with Gasteiger partial charge in [0.2, 0.25) is 0 Å². The molecular weight excluding hydrogens is 374 g/mol. The molecule has 0 aromatic heterocycles. The van der Waals surface area contributed by atoms with Crippen LogP contribution < -0.4 is 5.32 Å². The minimum atomic E-state index is -4.00. The lowest BCUT2D eigenvalue weighted by molar-refractivity contribution is 0.292. The molecule has 0 heterocycles. The predicted molar refractivity (Wildman–Crippen MR) is 117 cm³/mol. The summed E-state index contributed by atoms with van der Waals surface area (Å²) in [6.45, 7) is 4.35. The fraction of sp³-hybridized carbons (Fsp3) is 0.727. The van der Waals surface area contributed by atoms with Crippen LogP contribution in [0.15, 0.2) is 35.2 Å². The number of aliphatic hydroxyl groups is 1. The van der Waals surface area contributed by atoms with E-state index in [9.17, 15) is 8.42 Å². The Morgan fingerprint density at radius 2 is 1.21 bits per heavy atom. The summed E-state index contributed by atoms with van der Waals surface area (Å²) in [5, 5.41) is 11.8. The van der Waals surface area contributed by atoms with Gasteiger partial charge in [0.25, 0.3) is 10.1 Å². The van der Waals surface area contributed by atoms with E-state index in [0.717, 1.165) is 13.1 Å². The summed E-state index contributed by atoms with van der Waals surface area (Å²) in [5.41, 5.74) is 0. The van der Waals surface area contributed by atoms with Gasteiger partial charge >= 0.3 is 0 Å². The van der Waals surface area contributed by atoms with Crippen molar-refractivity contribution in [2.75, 3.05) is 19.7 Å². The third-order valence-corrected chi connectivity index (χ3v) is 5.40. The molecule has 164 valence electrons. The van der Waals surface area contributed by atoms with Gasteiger partial charge in [0.15, 0.2) is 0 Å². The van der Waals surface area contributed by atoms with E-state index in [4.69, 9.17) is 9.66 Å². The lowest BCUT2D eigenvalue weighted by Crippen LogP contribution is -2.19. The number of hydrogen-bond donors (Lipinski definition) is 3. The number of aliphatic hydroxyl groups excluding tert-OH is 1. The van der Waals surface area contributed by atoms with Gasteiger partial charge in [0, 0.05) is 6.54 Å². The second kappa shape index (κ2) is 19.4. The Hall–Kier alpha value is -0.950. The van der Waals surface area contributed by atoms with Crippen molar-refractivity contribution in [2.24, 2.45) is 0 Å². The van der Waals surface area contributed by atoms with Crippen LogP contribution in [0.5, 0.6) is 0 Å². The standard InChI is InChI=1S/C16H35NO.C6H6O3S/c1-2-3-4-5-6-7-8-9-10-11-12-13-14-17-15-16-18;7-10(8,9)6-4-2-1-3-5-6/h17-18H,2-16H2,1H3;1-5H,(H,7,8,9). The molecule has 0 spiro atoms. The van der Waals surface area contributed by atoms with Crippen LogP contribution in [-0.4, -0.2) is 37.8 Å². The number of rotatable bonds is 16. The van der Waals surface area contributed by atoms with Gasteiger partial charge in [-0.1, -0.05) is 95.8 Å². The normalized spacial score (nSPS) is 11.1. The molecule has 1 aromatic carbocycles. The molecule has 1 aromatic rings. The molecule has 0 bridgehead atoms. The second-order valence-electron chi connectivity index (χ2n) is 7.15. The molecule has 0 atom stereocenters. The van der Waals surface area contributed by atoms with Crippen molar-refractivity contribution in [3.63, 3.8) is 0 Å². The highest BCUT2D eigenvalue weighted by Gasteiger charge is 2.05. The average Bonchev–Trinajstić information content (AvgIpc) is 2.69. The Kier molecular flexibility index (Phi) is 18.7. The van der Waals surface area contributed by atoms with E-state index in [-0.39, 0.29) is 11.5 Å². The highest BCUT2D eigenvalue weighted by atomic mass is 32.2. The molecule has 0 radical (unpaired) electrons. The van der Waals surface area contributed by atoms with Crippen molar-refractivity contribution >= 4 is 10.1 Å². The van der Waals surface area contributed by atoms with Crippen molar-refractivity contribution < 1.29 is 18.1 Å². The maximum atomic E-state index is 10.4. The molecular formula is C22H41NO4S. The minimum Gasteiger partial charge on any atom is -0.395 e. The quantitative estimate of drug-likeness (QED) is 0.255. The molecule has 5 nitrogen and oxygen atoms in total. The van der Waals surface area contributed by atoms with Gasteiger partial charge in [-0.15, -0.1) is 0 Å². The number of nitrogens with one attached hydrogen (secondary N) is 1. The van der Waals surface area contributed by atoms with Gasteiger partial charge in [0.05, 0.1) is 11.5 Å². The van der Waals surface area contributed by atoms with Gasteiger partial charge < -0.3 is 10.4 Å². The third kappa shape index (κ3) is 18.4. The summed E-state index contributed by atoms with van der Waals surface area (Å²) in [5.74, 6) is 0. The van der Waals surface area contributed by atoms with Gasteiger partial charge in [-0.05, 0) is 25.1 Å². The fourth-order valence-electron chi connectivity index (χ4n) is 2.89. The number of hydrogen-bond acceptors (Lipinski definition) is 4. The average molecular weight is 416 g/mol. The van der Waals surface area contributed by atoms with Crippen LogP contribution in [-0.2, 0) is 10.1 Å². The van der Waals surface area contributed by atoms with E-state index in [1.165, 1.54) is 89.2 Å². The summed E-state index contributed by atoms with van der Waals surface area (Å²) in [6, 6.07) is 7.42. The smallest absolute Gasteiger partial charge is 0.294 e. The molecule has 1 rings (SSSR count). The molecule has 28 heavy (non-hydrogen) atoms. The van der Waals surface area contributed by atoms with Crippen LogP contribution in [0.3, 0.4) is 0 Å². The topological polar surface area (TPSA) is 86.6 Å². The molecule has 3 N–H and O–H groups in total. The Labute approximate surface area is 172 Å². The van der Waals surface area contributed by atoms with E-state index < -0.39 is 10.1 Å². The van der Waals surface area contributed by atoms with Crippen molar-refractivity contribution in [1.29, 1.82) is 0 Å². The molecule has 6 heteroatoms. The van der Waals surface area contributed by atoms with Gasteiger partial charge in [-0.3, -0.25) is 4.55 Å². The molecule has 0 aliphatic rings. The zero-order valence-electron chi connectivity index (χ0n) is 17.6. The first-order valence-electron chi connectivity index (χ1n) is 10.9. The lowest BCUT2D eigenvalue weighted by atomic mass is 10.1. The maximum Gasteiger partial charge on any atom is 0.294 e. The summed E-state index contributed by atoms with van der Waals surface area (Å²) < 4.78 is 29.2. The maximum absolute atomic E-state index is 10.4. The zero-order chi connectivity index (χ0) is 20.9. The van der Waals surface area contributed by atoms with Crippen LogP contribution in [0.25, 0.3) is 0 Å². The molecule has 0 fully saturated rings. The molecule has 0 aliphatic carbocycles. The Morgan fingerprint density at radius 3 is 1.61 bits per heavy atom. The van der Waals surface area contributed by atoms with E-state index in [1.807, 2.05) is 0 Å². The summed E-state index contributed by atoms with van der Waals surface area (Å²) in [6.07, 6.45) is 16.8. The number of unbranched alkanes of at least 4 members (excludes halogenated alkanes) is 11. The van der Waals surface area contributed by atoms with Crippen LogP contribution in [0.4, 0.5) is 0 Å². The van der Waals surface area contributed by atoms with Crippen molar-refractivity contribution in [3.05, 3.63) is 30.3 Å². The van der Waals surface area contributed by atoms with Crippen molar-refractivity contribution in [2.45, 2.75) is 88.9 Å². The minimum absolute atomic E-state index is 0.0741.